The molecule has 0 amide bonds. The van der Waals surface area contributed by atoms with Gasteiger partial charge in [-0.25, -0.2) is 0 Å². The Kier molecular flexibility index (Phi) is 3.08. The van der Waals surface area contributed by atoms with Crippen LogP contribution in [0.15, 0.2) is 30.3 Å². The van der Waals surface area contributed by atoms with Crippen LogP contribution in [-0.4, -0.2) is 11.6 Å². The minimum absolute atomic E-state index is 0.250. The molecule has 1 N–H and O–H groups in total. The van der Waals surface area contributed by atoms with E-state index in [4.69, 9.17) is 9.90 Å². The first-order valence-electron chi connectivity index (χ1n) is 3.71. The molecule has 1 aliphatic carbocycles. The van der Waals surface area contributed by atoms with Crippen molar-refractivity contribution in [3.05, 3.63) is 41.5 Å². The van der Waals surface area contributed by atoms with Gasteiger partial charge in [0.15, 0.2) is 0 Å². The third-order valence-corrected chi connectivity index (χ3v) is 1.69. The van der Waals surface area contributed by atoms with E-state index in [1.807, 2.05) is 0 Å². The zero-order valence-corrected chi connectivity index (χ0v) is 6.60. The molecule has 2 rings (SSSR count). The van der Waals surface area contributed by atoms with Crippen LogP contribution in [0.5, 0.6) is 0 Å². The summed E-state index contributed by atoms with van der Waals surface area (Å²) >= 11 is 0. The Morgan fingerprint density at radius 3 is 2.67 bits per heavy atom. The maximum atomic E-state index is 8.36. The predicted molar refractivity (Wildman–Crippen MR) is 47.9 cm³/mol. The first kappa shape index (κ1) is 8.53. The van der Waals surface area contributed by atoms with Gasteiger partial charge < -0.3 is 5.11 Å². The van der Waals surface area contributed by atoms with E-state index in [9.17, 15) is 0 Å². The second kappa shape index (κ2) is 4.34. The zero-order chi connectivity index (χ0) is 8.81. The highest BCUT2D eigenvalue weighted by atomic mass is 16.3. The number of fused-ring (bicyclic) bond motifs is 1. The van der Waals surface area contributed by atoms with Gasteiger partial charge in [-0.3, -0.25) is 4.79 Å². The first-order chi connectivity index (χ1) is 5.88. The van der Waals surface area contributed by atoms with Crippen LogP contribution >= 0.6 is 0 Å². The molecular formula is C10H10O2. The van der Waals surface area contributed by atoms with Crippen molar-refractivity contribution in [1.82, 2.24) is 0 Å². The van der Waals surface area contributed by atoms with E-state index in [-0.39, 0.29) is 6.47 Å². The fraction of sp³-hybridized carbons (Fsp3) is 0.100. The van der Waals surface area contributed by atoms with Gasteiger partial charge in [-0.2, -0.15) is 0 Å². The normalized spacial score (nSPS) is 11.3. The molecule has 0 aliphatic heterocycles. The largest absolute Gasteiger partial charge is 0.483 e. The fourth-order valence-electron chi connectivity index (χ4n) is 1.20. The highest BCUT2D eigenvalue weighted by molar-refractivity contribution is 5.59. The summed E-state index contributed by atoms with van der Waals surface area (Å²) in [5.74, 6) is 0. The molecule has 0 aromatic heterocycles. The van der Waals surface area contributed by atoms with Gasteiger partial charge in [0, 0.05) is 0 Å². The molecule has 62 valence electrons. The number of rotatable bonds is 0. The van der Waals surface area contributed by atoms with E-state index in [1.54, 1.807) is 0 Å². The third kappa shape index (κ3) is 1.95. The Morgan fingerprint density at radius 2 is 2.00 bits per heavy atom. The molecule has 1 aromatic rings. The lowest BCUT2D eigenvalue weighted by atomic mass is 10.1. The van der Waals surface area contributed by atoms with Gasteiger partial charge in [0.25, 0.3) is 6.47 Å². The van der Waals surface area contributed by atoms with Gasteiger partial charge in [0.05, 0.1) is 0 Å². The topological polar surface area (TPSA) is 37.3 Å². The second-order valence-electron chi connectivity index (χ2n) is 2.41. The maximum Gasteiger partial charge on any atom is 0.290 e. The molecule has 0 fully saturated rings. The van der Waals surface area contributed by atoms with Crippen molar-refractivity contribution in [1.29, 1.82) is 0 Å². The second-order valence-corrected chi connectivity index (χ2v) is 2.41. The van der Waals surface area contributed by atoms with E-state index in [0.29, 0.717) is 0 Å². The lowest BCUT2D eigenvalue weighted by Crippen LogP contribution is -1.76. The van der Waals surface area contributed by atoms with Gasteiger partial charge in [-0.05, 0) is 17.5 Å². The molecule has 0 bridgehead atoms. The van der Waals surface area contributed by atoms with Crippen LogP contribution < -0.4 is 0 Å². The maximum absolute atomic E-state index is 8.36. The lowest BCUT2D eigenvalue weighted by molar-refractivity contribution is -0.122. The lowest BCUT2D eigenvalue weighted by Gasteiger charge is -1.93. The minimum Gasteiger partial charge on any atom is -0.483 e. The summed E-state index contributed by atoms with van der Waals surface area (Å²) in [6, 6.07) is 8.49. The van der Waals surface area contributed by atoms with E-state index < -0.39 is 0 Å². The summed E-state index contributed by atoms with van der Waals surface area (Å²) in [5, 5.41) is 6.89. The Hall–Kier alpha value is -1.57. The molecule has 0 atom stereocenters. The average Bonchev–Trinajstić information content (AvgIpc) is 2.52. The molecule has 1 aliphatic rings. The number of carbonyl (C=O) groups is 1. The monoisotopic (exact) mass is 162 g/mol. The van der Waals surface area contributed by atoms with Crippen LogP contribution in [0.2, 0.25) is 0 Å². The van der Waals surface area contributed by atoms with Crippen LogP contribution in [0.4, 0.5) is 0 Å². The van der Waals surface area contributed by atoms with Gasteiger partial charge in [0.1, 0.15) is 0 Å². The number of allylic oxidation sites excluding steroid dienone is 1. The Labute approximate surface area is 71.2 Å². The van der Waals surface area contributed by atoms with Crippen LogP contribution in [-0.2, 0) is 11.2 Å². The summed E-state index contributed by atoms with van der Waals surface area (Å²) < 4.78 is 0. The molecule has 0 spiro atoms. The molecule has 0 unspecified atom stereocenters. The molecule has 0 saturated heterocycles. The summed E-state index contributed by atoms with van der Waals surface area (Å²) in [6.45, 7) is -0.250. The molecule has 0 radical (unpaired) electrons. The van der Waals surface area contributed by atoms with Gasteiger partial charge in [-0.15, -0.1) is 0 Å². The Morgan fingerprint density at radius 1 is 1.33 bits per heavy atom. The molecular weight excluding hydrogens is 152 g/mol. The van der Waals surface area contributed by atoms with Gasteiger partial charge >= 0.3 is 0 Å². The molecule has 0 saturated carbocycles. The van der Waals surface area contributed by atoms with Crippen LogP contribution in [0.1, 0.15) is 11.1 Å². The smallest absolute Gasteiger partial charge is 0.290 e. The van der Waals surface area contributed by atoms with Crippen molar-refractivity contribution in [2.45, 2.75) is 6.42 Å². The fourth-order valence-corrected chi connectivity index (χ4v) is 1.20. The van der Waals surface area contributed by atoms with E-state index in [1.165, 1.54) is 11.1 Å². The summed E-state index contributed by atoms with van der Waals surface area (Å²) in [5.41, 5.74) is 2.84. The van der Waals surface area contributed by atoms with E-state index in [2.05, 4.69) is 36.4 Å². The first-order valence-corrected chi connectivity index (χ1v) is 3.71. The number of benzene rings is 1. The summed E-state index contributed by atoms with van der Waals surface area (Å²) in [4.78, 5) is 8.36. The minimum atomic E-state index is -0.250. The van der Waals surface area contributed by atoms with Crippen LogP contribution in [0, 0.1) is 0 Å². The van der Waals surface area contributed by atoms with Crippen molar-refractivity contribution in [3.63, 3.8) is 0 Å². The molecule has 12 heavy (non-hydrogen) atoms. The van der Waals surface area contributed by atoms with Gasteiger partial charge in [-0.1, -0.05) is 36.4 Å². The van der Waals surface area contributed by atoms with Crippen LogP contribution in [0.3, 0.4) is 0 Å². The number of hydrogen-bond donors (Lipinski definition) is 1. The quantitative estimate of drug-likeness (QED) is 0.592. The molecule has 2 heteroatoms. The SMILES string of the molecule is C1=Cc2ccccc2C1.O=CO. The van der Waals surface area contributed by atoms with Crippen molar-refractivity contribution < 1.29 is 9.90 Å². The van der Waals surface area contributed by atoms with Crippen LogP contribution in [0.25, 0.3) is 6.08 Å². The van der Waals surface area contributed by atoms with Gasteiger partial charge in [0.2, 0.25) is 0 Å². The van der Waals surface area contributed by atoms with E-state index >= 15 is 0 Å². The highest BCUT2D eigenvalue weighted by Crippen LogP contribution is 2.17. The van der Waals surface area contributed by atoms with Crippen molar-refractivity contribution in [2.75, 3.05) is 0 Å². The van der Waals surface area contributed by atoms with E-state index in [0.717, 1.165) is 6.42 Å². The number of hydrogen-bond acceptors (Lipinski definition) is 1. The highest BCUT2D eigenvalue weighted by Gasteiger charge is 2.00. The van der Waals surface area contributed by atoms with Crippen molar-refractivity contribution in [3.8, 4) is 0 Å². The Balaban J connectivity index is 0.000000213. The summed E-state index contributed by atoms with van der Waals surface area (Å²) in [7, 11) is 0. The summed E-state index contributed by atoms with van der Waals surface area (Å²) in [6.07, 6.45) is 5.50. The van der Waals surface area contributed by atoms with Crippen molar-refractivity contribution in [2.24, 2.45) is 0 Å². The average molecular weight is 162 g/mol. The van der Waals surface area contributed by atoms with Crippen molar-refractivity contribution >= 4 is 12.5 Å². The molecule has 2 nitrogen and oxygen atoms in total. The number of carboxylic acid groups (broad SMARTS) is 1. The molecule has 1 aromatic carbocycles. The molecule has 0 heterocycles. The Bertz CT molecular complexity index is 290. The third-order valence-electron chi connectivity index (χ3n) is 1.69. The standard InChI is InChI=1S/C9H8.CH2O2/c1-2-5-9-7-3-6-8(9)4-1;2-1-3/h1-6H,7H2;1H,(H,2,3). The zero-order valence-electron chi connectivity index (χ0n) is 6.60. The predicted octanol–water partition coefficient (Wildman–Crippen LogP) is 1.96.